The molecule has 0 atom stereocenters. The van der Waals surface area contributed by atoms with Crippen LogP contribution in [0.25, 0.3) is 10.9 Å². The highest BCUT2D eigenvalue weighted by molar-refractivity contribution is 5.89. The predicted molar refractivity (Wildman–Crippen MR) is 79.1 cm³/mol. The first-order chi connectivity index (χ1) is 8.40. The van der Waals surface area contributed by atoms with Gasteiger partial charge in [-0.15, -0.1) is 0 Å². The van der Waals surface area contributed by atoms with Crippen LogP contribution in [0.2, 0.25) is 0 Å². The van der Waals surface area contributed by atoms with Crippen LogP contribution in [0.1, 0.15) is 37.1 Å². The zero-order chi connectivity index (χ0) is 13.5. The summed E-state index contributed by atoms with van der Waals surface area (Å²) in [5.41, 5.74) is 11.4. The first-order valence-electron chi connectivity index (χ1n) is 6.65. The third-order valence-corrected chi connectivity index (χ3v) is 4.15. The summed E-state index contributed by atoms with van der Waals surface area (Å²) in [6, 6.07) is 6.57. The van der Waals surface area contributed by atoms with Gasteiger partial charge in [0, 0.05) is 18.1 Å². The van der Waals surface area contributed by atoms with Crippen molar-refractivity contribution in [2.45, 2.75) is 39.5 Å². The Balaban J connectivity index is 2.80. The molecular weight excluding hydrogens is 220 g/mol. The molecule has 1 aromatic heterocycles. The van der Waals surface area contributed by atoms with Gasteiger partial charge in [0.25, 0.3) is 0 Å². The lowest BCUT2D eigenvalue weighted by molar-refractivity contribution is 0.487. The van der Waals surface area contributed by atoms with Crippen LogP contribution in [0.4, 0.5) is 0 Å². The number of benzene rings is 1. The summed E-state index contributed by atoms with van der Waals surface area (Å²) in [5, 5.41) is 1.38. The Labute approximate surface area is 110 Å². The molecular formula is C16H24N2. The Morgan fingerprint density at radius 3 is 2.50 bits per heavy atom. The number of hydrogen-bond acceptors (Lipinski definition) is 1. The summed E-state index contributed by atoms with van der Waals surface area (Å²) in [6.07, 6.45) is 1.01. The zero-order valence-electron chi connectivity index (χ0n) is 12.2. The van der Waals surface area contributed by atoms with Crippen molar-refractivity contribution in [3.63, 3.8) is 0 Å². The maximum absolute atomic E-state index is 5.78. The number of nitrogens with zero attached hydrogens (tertiary/aromatic N) is 1. The van der Waals surface area contributed by atoms with Crippen molar-refractivity contribution in [2.75, 3.05) is 6.54 Å². The standard InChI is InChI=1S/C16H24N2/c1-11-7-6-8-13-14(16(3,4)9-10-17)12(2)18(5)15(11)13/h6-8H,9-10,17H2,1-5H3. The summed E-state index contributed by atoms with van der Waals surface area (Å²) >= 11 is 0. The molecule has 98 valence electrons. The van der Waals surface area contributed by atoms with Crippen LogP contribution in [0.3, 0.4) is 0 Å². The quantitative estimate of drug-likeness (QED) is 0.881. The van der Waals surface area contributed by atoms with Crippen LogP contribution in [0.15, 0.2) is 18.2 Å². The van der Waals surface area contributed by atoms with Gasteiger partial charge in [-0.2, -0.15) is 0 Å². The van der Waals surface area contributed by atoms with Gasteiger partial charge in [-0.25, -0.2) is 0 Å². The van der Waals surface area contributed by atoms with Crippen molar-refractivity contribution in [3.05, 3.63) is 35.0 Å². The van der Waals surface area contributed by atoms with Crippen molar-refractivity contribution in [1.82, 2.24) is 4.57 Å². The van der Waals surface area contributed by atoms with Crippen molar-refractivity contribution < 1.29 is 0 Å². The Hall–Kier alpha value is -1.28. The molecule has 0 spiro atoms. The lowest BCUT2D eigenvalue weighted by Gasteiger charge is -2.25. The molecule has 0 radical (unpaired) electrons. The molecule has 0 saturated carbocycles. The van der Waals surface area contributed by atoms with E-state index in [9.17, 15) is 0 Å². The summed E-state index contributed by atoms with van der Waals surface area (Å²) in [5.74, 6) is 0. The largest absolute Gasteiger partial charge is 0.347 e. The first-order valence-corrected chi connectivity index (χ1v) is 6.65. The average molecular weight is 244 g/mol. The maximum Gasteiger partial charge on any atom is 0.0512 e. The van der Waals surface area contributed by atoms with Crippen LogP contribution in [0, 0.1) is 13.8 Å². The van der Waals surface area contributed by atoms with Crippen LogP contribution >= 0.6 is 0 Å². The third kappa shape index (κ3) is 1.85. The fourth-order valence-electron chi connectivity index (χ4n) is 3.18. The molecule has 2 N–H and O–H groups in total. The van der Waals surface area contributed by atoms with E-state index in [1.165, 1.54) is 27.7 Å². The molecule has 0 amide bonds. The lowest BCUT2D eigenvalue weighted by Crippen LogP contribution is -2.22. The monoisotopic (exact) mass is 244 g/mol. The van der Waals surface area contributed by atoms with Gasteiger partial charge in [-0.1, -0.05) is 32.0 Å². The molecule has 1 aromatic carbocycles. The molecule has 1 heterocycles. The highest BCUT2D eigenvalue weighted by atomic mass is 14.9. The first kappa shape index (κ1) is 13.2. The van der Waals surface area contributed by atoms with E-state index in [4.69, 9.17) is 5.73 Å². The number of aryl methyl sites for hydroxylation is 2. The number of hydrogen-bond donors (Lipinski definition) is 1. The van der Waals surface area contributed by atoms with Gasteiger partial charge in [-0.05, 0) is 43.4 Å². The molecule has 2 rings (SSSR count). The van der Waals surface area contributed by atoms with Crippen LogP contribution in [0.5, 0.6) is 0 Å². The summed E-state index contributed by atoms with van der Waals surface area (Å²) in [7, 11) is 2.16. The highest BCUT2D eigenvalue weighted by Crippen LogP contribution is 2.37. The second-order valence-electron chi connectivity index (χ2n) is 5.91. The zero-order valence-corrected chi connectivity index (χ0v) is 12.2. The van der Waals surface area contributed by atoms with Crippen molar-refractivity contribution in [2.24, 2.45) is 12.8 Å². The minimum Gasteiger partial charge on any atom is -0.347 e. The highest BCUT2D eigenvalue weighted by Gasteiger charge is 2.27. The fourth-order valence-corrected chi connectivity index (χ4v) is 3.18. The van der Waals surface area contributed by atoms with E-state index < -0.39 is 0 Å². The molecule has 2 heteroatoms. The molecule has 0 fully saturated rings. The Bertz CT molecular complexity index is 576. The second kappa shape index (κ2) is 4.43. The molecule has 0 bridgehead atoms. The number of rotatable bonds is 3. The molecule has 0 unspecified atom stereocenters. The molecule has 18 heavy (non-hydrogen) atoms. The second-order valence-corrected chi connectivity index (χ2v) is 5.91. The molecule has 0 aliphatic rings. The Morgan fingerprint density at radius 2 is 1.89 bits per heavy atom. The van der Waals surface area contributed by atoms with E-state index in [0.717, 1.165) is 13.0 Å². The van der Waals surface area contributed by atoms with E-state index in [-0.39, 0.29) is 5.41 Å². The number of nitrogens with two attached hydrogens (primary N) is 1. The van der Waals surface area contributed by atoms with Gasteiger partial charge < -0.3 is 10.3 Å². The number of fused-ring (bicyclic) bond motifs is 1. The average Bonchev–Trinajstić information content (AvgIpc) is 2.53. The summed E-state index contributed by atoms with van der Waals surface area (Å²) in [6.45, 7) is 9.72. The minimum absolute atomic E-state index is 0.131. The summed E-state index contributed by atoms with van der Waals surface area (Å²) < 4.78 is 2.32. The third-order valence-electron chi connectivity index (χ3n) is 4.15. The Kier molecular flexibility index (Phi) is 3.24. The van der Waals surface area contributed by atoms with Crippen LogP contribution in [-0.2, 0) is 12.5 Å². The van der Waals surface area contributed by atoms with E-state index >= 15 is 0 Å². The van der Waals surface area contributed by atoms with Crippen molar-refractivity contribution in [1.29, 1.82) is 0 Å². The van der Waals surface area contributed by atoms with Gasteiger partial charge in [0.05, 0.1) is 5.52 Å². The van der Waals surface area contributed by atoms with E-state index in [1.807, 2.05) is 0 Å². The topological polar surface area (TPSA) is 30.9 Å². The van der Waals surface area contributed by atoms with Gasteiger partial charge in [-0.3, -0.25) is 0 Å². The van der Waals surface area contributed by atoms with Gasteiger partial charge in [0.1, 0.15) is 0 Å². The van der Waals surface area contributed by atoms with Crippen molar-refractivity contribution >= 4 is 10.9 Å². The number of aromatic nitrogens is 1. The maximum atomic E-state index is 5.78. The molecule has 2 nitrogen and oxygen atoms in total. The normalized spacial score (nSPS) is 12.3. The van der Waals surface area contributed by atoms with E-state index in [2.05, 4.69) is 57.5 Å². The molecule has 0 saturated heterocycles. The lowest BCUT2D eigenvalue weighted by atomic mass is 9.80. The fraction of sp³-hybridized carbons (Fsp3) is 0.500. The van der Waals surface area contributed by atoms with Crippen molar-refractivity contribution in [3.8, 4) is 0 Å². The van der Waals surface area contributed by atoms with Crippen LogP contribution in [-0.4, -0.2) is 11.1 Å². The summed E-state index contributed by atoms with van der Waals surface area (Å²) in [4.78, 5) is 0. The smallest absolute Gasteiger partial charge is 0.0512 e. The minimum atomic E-state index is 0.131. The number of para-hydroxylation sites is 1. The molecule has 2 aromatic rings. The SMILES string of the molecule is Cc1cccc2c(C(C)(C)CCN)c(C)n(C)c12. The van der Waals surface area contributed by atoms with Crippen LogP contribution < -0.4 is 5.73 Å². The van der Waals surface area contributed by atoms with Gasteiger partial charge in [0.15, 0.2) is 0 Å². The van der Waals surface area contributed by atoms with E-state index in [1.54, 1.807) is 0 Å². The Morgan fingerprint density at radius 1 is 1.22 bits per heavy atom. The van der Waals surface area contributed by atoms with Gasteiger partial charge in [0.2, 0.25) is 0 Å². The molecule has 0 aliphatic heterocycles. The molecule has 0 aliphatic carbocycles. The van der Waals surface area contributed by atoms with E-state index in [0.29, 0.717) is 0 Å². The van der Waals surface area contributed by atoms with Gasteiger partial charge >= 0.3 is 0 Å². The predicted octanol–water partition coefficient (Wildman–Crippen LogP) is 3.42.